The number of aromatic nitrogens is 1. The maximum Gasteiger partial charge on any atom is 0.239 e. The lowest BCUT2D eigenvalue weighted by molar-refractivity contribution is 0.299. The summed E-state index contributed by atoms with van der Waals surface area (Å²) in [5.41, 5.74) is 1.34. The van der Waals surface area contributed by atoms with Crippen molar-refractivity contribution in [3.05, 3.63) is 52.7 Å². The van der Waals surface area contributed by atoms with Crippen LogP contribution in [0.1, 0.15) is 11.1 Å². The Kier molecular flexibility index (Phi) is 4.35. The highest BCUT2D eigenvalue weighted by molar-refractivity contribution is 6.33. The van der Waals surface area contributed by atoms with E-state index in [2.05, 4.69) is 4.98 Å². The first-order valence-electron chi connectivity index (χ1n) is 5.67. The molecule has 2 aromatic rings. The fourth-order valence-electron chi connectivity index (χ4n) is 1.55. The Morgan fingerprint density at radius 1 is 1.26 bits per heavy atom. The number of nitrogens with zero attached hydrogens (tertiary/aromatic N) is 2. The van der Waals surface area contributed by atoms with E-state index in [0.717, 1.165) is 5.56 Å². The standard InChI is InChI=1S/C14H11ClN2O2/c15-13-11(9-16)5-7-17-14(13)19-12-3-1-10(2-4-12)6-8-18/h1-5,7,18H,6,8H2. The van der Waals surface area contributed by atoms with Gasteiger partial charge in [0.1, 0.15) is 16.8 Å². The molecule has 1 heterocycles. The van der Waals surface area contributed by atoms with E-state index in [1.807, 2.05) is 18.2 Å². The third kappa shape index (κ3) is 3.22. The third-order valence-electron chi connectivity index (χ3n) is 2.52. The van der Waals surface area contributed by atoms with Crippen LogP contribution in [0.2, 0.25) is 5.02 Å². The molecule has 1 N–H and O–H groups in total. The van der Waals surface area contributed by atoms with Crippen LogP contribution >= 0.6 is 11.6 Å². The molecule has 0 radical (unpaired) electrons. The number of nitriles is 1. The third-order valence-corrected chi connectivity index (χ3v) is 2.88. The van der Waals surface area contributed by atoms with Crippen LogP contribution in [-0.2, 0) is 6.42 Å². The Labute approximate surface area is 115 Å². The lowest BCUT2D eigenvalue weighted by atomic mass is 10.1. The van der Waals surface area contributed by atoms with E-state index < -0.39 is 0 Å². The number of hydrogen-bond acceptors (Lipinski definition) is 4. The molecule has 1 aromatic heterocycles. The summed E-state index contributed by atoms with van der Waals surface area (Å²) in [5, 5.41) is 17.9. The average molecular weight is 275 g/mol. The second-order valence-electron chi connectivity index (χ2n) is 3.81. The number of ether oxygens (including phenoxy) is 1. The Morgan fingerprint density at radius 2 is 2.00 bits per heavy atom. The van der Waals surface area contributed by atoms with Gasteiger partial charge in [0.25, 0.3) is 0 Å². The van der Waals surface area contributed by atoms with Crippen molar-refractivity contribution in [1.82, 2.24) is 4.98 Å². The summed E-state index contributed by atoms with van der Waals surface area (Å²) in [6, 6.07) is 10.7. The van der Waals surface area contributed by atoms with Crippen LogP contribution in [0, 0.1) is 11.3 Å². The van der Waals surface area contributed by atoms with E-state index in [4.69, 9.17) is 26.7 Å². The maximum absolute atomic E-state index is 8.86. The predicted molar refractivity (Wildman–Crippen MR) is 71.3 cm³/mol. The highest BCUT2D eigenvalue weighted by atomic mass is 35.5. The summed E-state index contributed by atoms with van der Waals surface area (Å²) >= 11 is 6.00. The molecule has 0 amide bonds. The van der Waals surface area contributed by atoms with Crippen LogP contribution in [0.4, 0.5) is 0 Å². The minimum Gasteiger partial charge on any atom is -0.437 e. The lowest BCUT2D eigenvalue weighted by Crippen LogP contribution is -1.93. The molecule has 4 nitrogen and oxygen atoms in total. The molecule has 0 aliphatic rings. The van der Waals surface area contributed by atoms with Crippen LogP contribution in [0.3, 0.4) is 0 Å². The van der Waals surface area contributed by atoms with E-state index in [9.17, 15) is 0 Å². The molecule has 0 aliphatic heterocycles. The van der Waals surface area contributed by atoms with Crippen molar-refractivity contribution in [1.29, 1.82) is 5.26 Å². The molecule has 0 fully saturated rings. The van der Waals surface area contributed by atoms with Gasteiger partial charge in [-0.3, -0.25) is 0 Å². The number of hydrogen-bond donors (Lipinski definition) is 1. The molecule has 19 heavy (non-hydrogen) atoms. The predicted octanol–water partition coefficient (Wildman–Crippen LogP) is 2.93. The van der Waals surface area contributed by atoms with Crippen LogP contribution in [0.5, 0.6) is 11.6 Å². The van der Waals surface area contributed by atoms with E-state index in [1.165, 1.54) is 12.3 Å². The van der Waals surface area contributed by atoms with Crippen LogP contribution < -0.4 is 4.74 Å². The van der Waals surface area contributed by atoms with Gasteiger partial charge in [0.15, 0.2) is 0 Å². The average Bonchev–Trinajstić information content (AvgIpc) is 2.43. The van der Waals surface area contributed by atoms with Crippen molar-refractivity contribution in [2.45, 2.75) is 6.42 Å². The van der Waals surface area contributed by atoms with Gasteiger partial charge in [-0.2, -0.15) is 5.26 Å². The Balaban J connectivity index is 2.19. The summed E-state index contributed by atoms with van der Waals surface area (Å²) < 4.78 is 5.53. The Bertz CT molecular complexity index is 606. The second kappa shape index (κ2) is 6.19. The first kappa shape index (κ1) is 13.3. The quantitative estimate of drug-likeness (QED) is 0.931. The zero-order valence-electron chi connectivity index (χ0n) is 10.0. The molecular weight excluding hydrogens is 264 g/mol. The molecular formula is C14H11ClN2O2. The molecule has 96 valence electrons. The Morgan fingerprint density at radius 3 is 2.63 bits per heavy atom. The second-order valence-corrected chi connectivity index (χ2v) is 4.19. The number of pyridine rings is 1. The van der Waals surface area contributed by atoms with Crippen molar-refractivity contribution in [2.24, 2.45) is 0 Å². The number of aliphatic hydroxyl groups is 1. The van der Waals surface area contributed by atoms with Gasteiger partial charge in [-0.25, -0.2) is 4.98 Å². The van der Waals surface area contributed by atoms with Crippen molar-refractivity contribution >= 4 is 11.6 Å². The van der Waals surface area contributed by atoms with E-state index >= 15 is 0 Å². The molecule has 0 saturated carbocycles. The summed E-state index contributed by atoms with van der Waals surface area (Å²) in [6.07, 6.45) is 2.07. The molecule has 0 atom stereocenters. The topological polar surface area (TPSA) is 66.1 Å². The summed E-state index contributed by atoms with van der Waals surface area (Å²) in [5.74, 6) is 0.779. The van der Waals surface area contributed by atoms with E-state index in [0.29, 0.717) is 17.7 Å². The van der Waals surface area contributed by atoms with Gasteiger partial charge >= 0.3 is 0 Å². The smallest absolute Gasteiger partial charge is 0.239 e. The molecule has 0 aliphatic carbocycles. The highest BCUT2D eigenvalue weighted by Crippen LogP contribution is 2.29. The first-order chi connectivity index (χ1) is 9.24. The van der Waals surface area contributed by atoms with Crippen molar-refractivity contribution in [3.63, 3.8) is 0 Å². The van der Waals surface area contributed by atoms with Gasteiger partial charge in [0, 0.05) is 12.8 Å². The zero-order valence-corrected chi connectivity index (χ0v) is 10.8. The first-order valence-corrected chi connectivity index (χ1v) is 6.04. The number of benzene rings is 1. The fourth-order valence-corrected chi connectivity index (χ4v) is 1.74. The zero-order chi connectivity index (χ0) is 13.7. The minimum absolute atomic E-state index is 0.109. The van der Waals surface area contributed by atoms with E-state index in [1.54, 1.807) is 12.1 Å². The van der Waals surface area contributed by atoms with Gasteiger partial charge in [0.2, 0.25) is 5.88 Å². The van der Waals surface area contributed by atoms with Crippen LogP contribution in [-0.4, -0.2) is 16.7 Å². The normalized spacial score (nSPS) is 9.95. The largest absolute Gasteiger partial charge is 0.437 e. The molecule has 5 heteroatoms. The SMILES string of the molecule is N#Cc1ccnc(Oc2ccc(CCO)cc2)c1Cl. The van der Waals surface area contributed by atoms with Gasteiger partial charge in [-0.15, -0.1) is 0 Å². The van der Waals surface area contributed by atoms with Crippen molar-refractivity contribution in [3.8, 4) is 17.7 Å². The van der Waals surface area contributed by atoms with Crippen molar-refractivity contribution < 1.29 is 9.84 Å². The fraction of sp³-hybridized carbons (Fsp3) is 0.143. The van der Waals surface area contributed by atoms with Gasteiger partial charge in [0.05, 0.1) is 5.56 Å². The number of halogens is 1. The summed E-state index contributed by atoms with van der Waals surface area (Å²) in [6.45, 7) is 0.109. The van der Waals surface area contributed by atoms with Gasteiger partial charge in [-0.1, -0.05) is 23.7 Å². The summed E-state index contributed by atoms with van der Waals surface area (Å²) in [4.78, 5) is 4.00. The lowest BCUT2D eigenvalue weighted by Gasteiger charge is -2.07. The monoisotopic (exact) mass is 274 g/mol. The highest BCUT2D eigenvalue weighted by Gasteiger charge is 2.09. The summed E-state index contributed by atoms with van der Waals surface area (Å²) in [7, 11) is 0. The molecule has 0 spiro atoms. The molecule has 1 aromatic carbocycles. The molecule has 0 unspecified atom stereocenters. The van der Waals surface area contributed by atoms with E-state index in [-0.39, 0.29) is 17.5 Å². The number of rotatable bonds is 4. The molecule has 2 rings (SSSR count). The van der Waals surface area contributed by atoms with Crippen molar-refractivity contribution in [2.75, 3.05) is 6.61 Å². The van der Waals surface area contributed by atoms with Crippen LogP contribution in [0.25, 0.3) is 0 Å². The maximum atomic E-state index is 8.86. The Hall–Kier alpha value is -2.09. The van der Waals surface area contributed by atoms with Gasteiger partial charge in [-0.05, 0) is 30.2 Å². The molecule has 0 bridgehead atoms. The van der Waals surface area contributed by atoms with Gasteiger partial charge < -0.3 is 9.84 Å². The van der Waals surface area contributed by atoms with Crippen LogP contribution in [0.15, 0.2) is 36.5 Å². The number of aliphatic hydroxyl groups excluding tert-OH is 1. The minimum atomic E-state index is 0.109. The molecule has 0 saturated heterocycles.